The van der Waals surface area contributed by atoms with Gasteiger partial charge in [-0.2, -0.15) is 0 Å². The number of nitrogens with zero attached hydrogens (tertiary/aromatic N) is 1. The molecule has 0 spiro atoms. The fraction of sp³-hybridized carbons (Fsp3) is 0.0909. The van der Waals surface area contributed by atoms with Gasteiger partial charge in [-0.15, -0.1) is 11.8 Å². The number of Topliss-reactive ketones (excluding diaryl/α,β-unsaturated/α-hetero) is 1. The van der Waals surface area contributed by atoms with Gasteiger partial charge in [-0.25, -0.2) is 0 Å². The van der Waals surface area contributed by atoms with Crippen LogP contribution in [0.3, 0.4) is 0 Å². The van der Waals surface area contributed by atoms with Crippen LogP contribution in [0.4, 0.5) is 17.1 Å². The van der Waals surface area contributed by atoms with Crippen LogP contribution in [-0.4, -0.2) is 33.7 Å². The molecule has 1 atom stereocenters. The van der Waals surface area contributed by atoms with Gasteiger partial charge >= 0.3 is 0 Å². The predicted octanol–water partition coefficient (Wildman–Crippen LogP) is 6.33. The molecule has 4 rings (SSSR count). The van der Waals surface area contributed by atoms with Gasteiger partial charge in [-0.05, 0) is 86.7 Å². The Balaban J connectivity index is 1.45. The zero-order valence-electron chi connectivity index (χ0n) is 23.8. The van der Waals surface area contributed by atoms with Gasteiger partial charge in [0.05, 0.1) is 15.7 Å². The maximum Gasteiger partial charge on any atom is 0.276 e. The Morgan fingerprint density at radius 2 is 1.36 bits per heavy atom. The van der Waals surface area contributed by atoms with Gasteiger partial charge in [-0.3, -0.25) is 29.3 Å². The van der Waals surface area contributed by atoms with Crippen molar-refractivity contribution in [3.8, 4) is 0 Å². The lowest BCUT2D eigenvalue weighted by molar-refractivity contribution is -0.385. The number of thioether (sulfide) groups is 1. The minimum Gasteiger partial charge on any atom is -0.325 e. The number of rotatable bonds is 11. The molecule has 222 valence electrons. The highest BCUT2D eigenvalue weighted by Gasteiger charge is 2.19. The van der Waals surface area contributed by atoms with E-state index in [4.69, 9.17) is 0 Å². The highest BCUT2D eigenvalue weighted by atomic mass is 32.2. The third-order valence-electron chi connectivity index (χ3n) is 6.32. The van der Waals surface area contributed by atoms with Crippen LogP contribution in [0.5, 0.6) is 0 Å². The first kappa shape index (κ1) is 31.4. The monoisotopic (exact) mass is 608 g/mol. The van der Waals surface area contributed by atoms with Crippen molar-refractivity contribution in [2.24, 2.45) is 0 Å². The van der Waals surface area contributed by atoms with Gasteiger partial charge in [0.1, 0.15) is 5.70 Å². The van der Waals surface area contributed by atoms with E-state index >= 15 is 0 Å². The van der Waals surface area contributed by atoms with Gasteiger partial charge in [-0.1, -0.05) is 30.3 Å². The molecular formula is C33H28N4O6S. The van der Waals surface area contributed by atoms with E-state index in [1.165, 1.54) is 43.0 Å². The Morgan fingerprint density at radius 3 is 2.00 bits per heavy atom. The van der Waals surface area contributed by atoms with Crippen molar-refractivity contribution < 1.29 is 24.1 Å². The number of amides is 3. The van der Waals surface area contributed by atoms with Gasteiger partial charge in [0.15, 0.2) is 5.78 Å². The third kappa shape index (κ3) is 8.49. The second-order valence-corrected chi connectivity index (χ2v) is 11.0. The molecule has 0 aliphatic carbocycles. The van der Waals surface area contributed by atoms with E-state index in [1.54, 1.807) is 91.9 Å². The molecule has 4 aromatic rings. The quantitative estimate of drug-likeness (QED) is 0.0593. The molecule has 0 heterocycles. The van der Waals surface area contributed by atoms with Crippen LogP contribution in [0.1, 0.15) is 40.1 Å². The van der Waals surface area contributed by atoms with Crippen molar-refractivity contribution in [3.05, 3.63) is 136 Å². The summed E-state index contributed by atoms with van der Waals surface area (Å²) in [5.74, 6) is -1.52. The summed E-state index contributed by atoms with van der Waals surface area (Å²) in [6, 6.07) is 27.6. The van der Waals surface area contributed by atoms with E-state index < -0.39 is 22.0 Å². The van der Waals surface area contributed by atoms with Crippen molar-refractivity contribution in [1.82, 2.24) is 5.32 Å². The second kappa shape index (κ2) is 14.6. The van der Waals surface area contributed by atoms with Crippen LogP contribution in [0.25, 0.3) is 6.08 Å². The first-order valence-corrected chi connectivity index (χ1v) is 14.3. The Morgan fingerprint density at radius 1 is 0.773 bits per heavy atom. The summed E-state index contributed by atoms with van der Waals surface area (Å²) >= 11 is 1.31. The number of nitro groups is 1. The third-order valence-corrected chi connectivity index (χ3v) is 7.43. The smallest absolute Gasteiger partial charge is 0.276 e. The van der Waals surface area contributed by atoms with Crippen molar-refractivity contribution in [3.63, 3.8) is 0 Å². The van der Waals surface area contributed by atoms with Crippen LogP contribution in [0.15, 0.2) is 114 Å². The molecule has 3 N–H and O–H groups in total. The second-order valence-electron chi connectivity index (χ2n) is 9.56. The van der Waals surface area contributed by atoms with Crippen LogP contribution < -0.4 is 16.0 Å². The molecule has 1 unspecified atom stereocenters. The zero-order valence-corrected chi connectivity index (χ0v) is 24.6. The number of ketones is 1. The van der Waals surface area contributed by atoms with E-state index in [0.29, 0.717) is 22.5 Å². The minimum absolute atomic E-state index is 0.0595. The van der Waals surface area contributed by atoms with Crippen LogP contribution in [0, 0.1) is 10.1 Å². The SMILES string of the molecule is CC(=O)c1ccc(NC(=O)C(C)Sc2ccc(NC(=O)/C(=C/c3ccccc3[N+](=O)[O-])NC(=O)c3ccccc3)cc2)cc1. The molecule has 0 fully saturated rings. The van der Waals surface area contributed by atoms with E-state index in [0.717, 1.165) is 4.90 Å². The van der Waals surface area contributed by atoms with Gasteiger partial charge in [0.25, 0.3) is 17.5 Å². The van der Waals surface area contributed by atoms with Gasteiger partial charge in [0.2, 0.25) is 5.91 Å². The van der Waals surface area contributed by atoms with Gasteiger partial charge < -0.3 is 16.0 Å². The lowest BCUT2D eigenvalue weighted by Gasteiger charge is -2.14. The first-order valence-electron chi connectivity index (χ1n) is 13.4. The minimum atomic E-state index is -0.684. The molecule has 11 heteroatoms. The van der Waals surface area contributed by atoms with E-state index in [-0.39, 0.29) is 28.6 Å². The molecule has 3 amide bonds. The molecular weight excluding hydrogens is 580 g/mol. The van der Waals surface area contributed by atoms with Crippen LogP contribution >= 0.6 is 11.8 Å². The van der Waals surface area contributed by atoms with E-state index in [2.05, 4.69) is 16.0 Å². The van der Waals surface area contributed by atoms with Crippen molar-refractivity contribution >= 4 is 58.4 Å². The molecule has 4 aromatic carbocycles. The molecule has 0 aliphatic heterocycles. The Bertz CT molecular complexity index is 1720. The molecule has 0 bridgehead atoms. The lowest BCUT2D eigenvalue weighted by Crippen LogP contribution is -2.30. The molecule has 0 saturated heterocycles. The van der Waals surface area contributed by atoms with Crippen LogP contribution in [-0.2, 0) is 9.59 Å². The Kier molecular flexibility index (Phi) is 10.4. The summed E-state index contributed by atoms with van der Waals surface area (Å²) < 4.78 is 0. The molecule has 0 aromatic heterocycles. The van der Waals surface area contributed by atoms with Crippen molar-refractivity contribution in [1.29, 1.82) is 0 Å². The summed E-state index contributed by atoms with van der Waals surface area (Å²) in [6.45, 7) is 3.23. The van der Waals surface area contributed by atoms with Crippen LogP contribution in [0.2, 0.25) is 0 Å². The predicted molar refractivity (Wildman–Crippen MR) is 170 cm³/mol. The average molecular weight is 609 g/mol. The normalized spacial score (nSPS) is 11.6. The lowest BCUT2D eigenvalue weighted by atomic mass is 10.1. The number of carbonyl (C=O) groups excluding carboxylic acids is 4. The fourth-order valence-corrected chi connectivity index (χ4v) is 4.85. The molecule has 44 heavy (non-hydrogen) atoms. The van der Waals surface area contributed by atoms with Crippen molar-refractivity contribution in [2.45, 2.75) is 24.0 Å². The summed E-state index contributed by atoms with van der Waals surface area (Å²) in [7, 11) is 0. The number of nitrogens with one attached hydrogen (secondary N) is 3. The maximum atomic E-state index is 13.3. The van der Waals surface area contributed by atoms with E-state index in [1.807, 2.05) is 0 Å². The largest absolute Gasteiger partial charge is 0.325 e. The number of benzene rings is 4. The topological polar surface area (TPSA) is 148 Å². The fourth-order valence-electron chi connectivity index (χ4n) is 3.98. The standard InChI is InChI=1S/C33H28N4O6S/c1-21(38)23-12-14-26(15-13-23)34-31(39)22(2)44-28-18-16-27(17-19-28)35-33(41)29(36-32(40)24-8-4-3-5-9-24)20-25-10-6-7-11-30(25)37(42)43/h3-20,22H,1-2H3,(H,34,39)(H,35,41)(H,36,40)/b29-20-. The van der Waals surface area contributed by atoms with Crippen molar-refractivity contribution in [2.75, 3.05) is 10.6 Å². The number of para-hydroxylation sites is 1. The summed E-state index contributed by atoms with van der Waals surface area (Å²) in [6.07, 6.45) is 1.26. The Hall–Kier alpha value is -5.55. The number of anilines is 2. The van der Waals surface area contributed by atoms with Gasteiger partial charge in [0, 0.05) is 33.5 Å². The summed E-state index contributed by atoms with van der Waals surface area (Å²) in [4.78, 5) is 62.1. The molecule has 0 saturated carbocycles. The Labute approximate surface area is 257 Å². The first-order chi connectivity index (χ1) is 21.1. The summed E-state index contributed by atoms with van der Waals surface area (Å²) in [5, 5.41) is 19.2. The molecule has 0 radical (unpaired) electrons. The number of hydrogen-bond donors (Lipinski definition) is 3. The highest BCUT2D eigenvalue weighted by molar-refractivity contribution is 8.00. The molecule has 10 nitrogen and oxygen atoms in total. The number of nitro benzene ring substituents is 1. The average Bonchev–Trinajstić information content (AvgIpc) is 3.02. The van der Waals surface area contributed by atoms with E-state index in [9.17, 15) is 29.3 Å². The summed E-state index contributed by atoms with van der Waals surface area (Å²) in [5.41, 5.74) is 1.58. The highest BCUT2D eigenvalue weighted by Crippen LogP contribution is 2.26. The zero-order chi connectivity index (χ0) is 31.6. The number of hydrogen-bond acceptors (Lipinski definition) is 7. The molecule has 0 aliphatic rings. The maximum absolute atomic E-state index is 13.3. The number of carbonyl (C=O) groups is 4.